The molecule has 0 rings (SSSR count). The molecule has 0 aromatic carbocycles. The van der Waals surface area contributed by atoms with Crippen LogP contribution in [0.25, 0.3) is 0 Å². The maximum Gasteiger partial charge on any atom is 0.322 e. The van der Waals surface area contributed by atoms with Crippen LogP contribution in [0.1, 0.15) is 19.3 Å². The molecule has 14 heteroatoms. The van der Waals surface area contributed by atoms with E-state index in [0.29, 0.717) is 12.2 Å². The molecule has 0 aliphatic rings. The lowest BCUT2D eigenvalue weighted by Gasteiger charge is -2.16. The van der Waals surface area contributed by atoms with Crippen molar-refractivity contribution in [2.45, 2.75) is 37.4 Å². The number of nitrogens with one attached hydrogen (secondary N) is 2. The predicted octanol–water partition coefficient (Wildman–Crippen LogP) is -2.49. The Morgan fingerprint density at radius 3 is 1.75 bits per heavy atom. The van der Waals surface area contributed by atoms with E-state index in [4.69, 9.17) is 26.8 Å². The molecular formula is C14H26N4O8S2. The highest BCUT2D eigenvalue weighted by Crippen LogP contribution is 1.97. The number of thiol groups is 2. The highest BCUT2D eigenvalue weighted by atomic mass is 32.1. The molecule has 0 bridgehead atoms. The molecule has 12 nitrogen and oxygen atoms in total. The van der Waals surface area contributed by atoms with Gasteiger partial charge in [0.15, 0.2) is 0 Å². The smallest absolute Gasteiger partial charge is 0.322 e. The summed E-state index contributed by atoms with van der Waals surface area (Å²) in [5, 5.41) is 29.5. The lowest BCUT2D eigenvalue weighted by atomic mass is 10.1. The van der Waals surface area contributed by atoms with Crippen LogP contribution in [0.3, 0.4) is 0 Å². The molecule has 0 heterocycles. The van der Waals surface area contributed by atoms with Crippen LogP contribution in [0.5, 0.6) is 0 Å². The number of nitrogens with two attached hydrogens (primary N) is 2. The van der Waals surface area contributed by atoms with Crippen molar-refractivity contribution in [1.82, 2.24) is 10.6 Å². The molecule has 2 amide bonds. The maximum absolute atomic E-state index is 11.5. The van der Waals surface area contributed by atoms with E-state index < -0.39 is 54.4 Å². The van der Waals surface area contributed by atoms with Crippen LogP contribution in [-0.4, -0.2) is 81.2 Å². The zero-order valence-electron chi connectivity index (χ0n) is 14.9. The third kappa shape index (κ3) is 15.1. The summed E-state index contributed by atoms with van der Waals surface area (Å²) < 4.78 is 0. The number of aliphatic carboxylic acids is 3. The Morgan fingerprint density at radius 1 is 0.893 bits per heavy atom. The van der Waals surface area contributed by atoms with E-state index in [1.54, 1.807) is 0 Å². The Kier molecular flexibility index (Phi) is 16.1. The highest BCUT2D eigenvalue weighted by molar-refractivity contribution is 7.80. The molecule has 162 valence electrons. The van der Waals surface area contributed by atoms with Gasteiger partial charge >= 0.3 is 17.9 Å². The van der Waals surface area contributed by atoms with Gasteiger partial charge in [0.05, 0.1) is 0 Å². The molecule has 0 saturated heterocycles. The Hall–Kier alpha value is -2.03. The normalized spacial score (nSPS) is 13.1. The van der Waals surface area contributed by atoms with Gasteiger partial charge in [0.2, 0.25) is 11.8 Å². The van der Waals surface area contributed by atoms with Gasteiger partial charge in [0.25, 0.3) is 0 Å². The first-order valence-corrected chi connectivity index (χ1v) is 9.20. The molecule has 9 N–H and O–H groups in total. The van der Waals surface area contributed by atoms with Crippen LogP contribution in [-0.2, 0) is 24.0 Å². The number of hydrogen-bond donors (Lipinski definition) is 9. The van der Waals surface area contributed by atoms with Crippen molar-refractivity contribution in [3.8, 4) is 0 Å². The number of carboxylic acid groups (broad SMARTS) is 3. The summed E-state index contributed by atoms with van der Waals surface area (Å²) in [5.74, 6) is -4.14. The molecule has 0 saturated carbocycles. The number of hydrogen-bond acceptors (Lipinski definition) is 9. The van der Waals surface area contributed by atoms with Crippen molar-refractivity contribution in [2.75, 3.05) is 18.1 Å². The molecule has 28 heavy (non-hydrogen) atoms. The van der Waals surface area contributed by atoms with Gasteiger partial charge < -0.3 is 37.4 Å². The van der Waals surface area contributed by atoms with Gasteiger partial charge in [0, 0.05) is 12.2 Å². The SMILES string of the molecule is N[C@@H](CCC(=O)N[C@@H](CS)C(=O)NCC(=O)O)C(=O)O.N[C@@H](CCS)C(=O)O. The quantitative estimate of drug-likeness (QED) is 0.145. The fourth-order valence-corrected chi connectivity index (χ4v) is 1.95. The lowest BCUT2D eigenvalue weighted by molar-refractivity contribution is -0.139. The number of rotatable bonds is 12. The van der Waals surface area contributed by atoms with Gasteiger partial charge in [-0.05, 0) is 18.6 Å². The number of carbonyl (C=O) groups excluding carboxylic acids is 2. The van der Waals surface area contributed by atoms with E-state index in [1.165, 1.54) is 0 Å². The van der Waals surface area contributed by atoms with Crippen molar-refractivity contribution >= 4 is 55.0 Å². The highest BCUT2D eigenvalue weighted by Gasteiger charge is 2.20. The average Bonchev–Trinajstić information content (AvgIpc) is 2.62. The predicted molar refractivity (Wildman–Crippen MR) is 105 cm³/mol. The standard InChI is InChI=1S/C10H17N3O6S.C4H9NO2S/c11-5(10(18)19)1-2-7(14)13-6(4-20)9(17)12-3-8(15)16;5-3(1-2-8)4(6)7/h5-6,20H,1-4,11H2,(H,12,17)(H,13,14)(H,15,16)(H,18,19);3,8H,1-2,5H2,(H,6,7)/t5-,6-;3-/m00/s1. The Labute approximate surface area is 172 Å². The van der Waals surface area contributed by atoms with Gasteiger partial charge in [-0.15, -0.1) is 0 Å². The van der Waals surface area contributed by atoms with Crippen LogP contribution >= 0.6 is 25.3 Å². The van der Waals surface area contributed by atoms with E-state index in [1.807, 2.05) is 0 Å². The first-order chi connectivity index (χ1) is 13.0. The van der Waals surface area contributed by atoms with Crippen molar-refractivity contribution in [1.29, 1.82) is 0 Å². The molecule has 0 spiro atoms. The Morgan fingerprint density at radius 2 is 1.39 bits per heavy atom. The first kappa shape index (κ1) is 28.2. The summed E-state index contributed by atoms with van der Waals surface area (Å²) in [6.45, 7) is -0.567. The molecule has 0 unspecified atom stereocenters. The first-order valence-electron chi connectivity index (χ1n) is 7.93. The van der Waals surface area contributed by atoms with E-state index in [2.05, 4.69) is 35.9 Å². The molecular weight excluding hydrogens is 416 g/mol. The third-order valence-corrected chi connectivity index (χ3v) is 3.63. The molecule has 0 fully saturated rings. The summed E-state index contributed by atoms with van der Waals surface area (Å²) >= 11 is 7.68. The number of carbonyl (C=O) groups is 5. The van der Waals surface area contributed by atoms with Crippen LogP contribution in [0.15, 0.2) is 0 Å². The second kappa shape index (κ2) is 16.0. The average molecular weight is 443 g/mol. The molecule has 0 radical (unpaired) electrons. The Balaban J connectivity index is 0. The van der Waals surface area contributed by atoms with Gasteiger partial charge in [0.1, 0.15) is 24.7 Å². The third-order valence-electron chi connectivity index (χ3n) is 3.01. The van der Waals surface area contributed by atoms with Gasteiger partial charge in [-0.2, -0.15) is 25.3 Å². The van der Waals surface area contributed by atoms with Crippen molar-refractivity contribution < 1.29 is 39.3 Å². The fourth-order valence-electron chi connectivity index (χ4n) is 1.42. The van der Waals surface area contributed by atoms with Crippen molar-refractivity contribution in [3.63, 3.8) is 0 Å². The summed E-state index contributed by atoms with van der Waals surface area (Å²) in [4.78, 5) is 53.7. The van der Waals surface area contributed by atoms with E-state index in [9.17, 15) is 24.0 Å². The maximum atomic E-state index is 11.5. The van der Waals surface area contributed by atoms with Crippen molar-refractivity contribution in [3.05, 3.63) is 0 Å². The molecule has 0 aromatic heterocycles. The topological polar surface area (TPSA) is 222 Å². The van der Waals surface area contributed by atoms with Crippen LogP contribution in [0.2, 0.25) is 0 Å². The van der Waals surface area contributed by atoms with Crippen LogP contribution in [0, 0.1) is 0 Å². The van der Waals surface area contributed by atoms with Gasteiger partial charge in [-0.1, -0.05) is 0 Å². The minimum absolute atomic E-state index is 0.0256. The second-order valence-corrected chi connectivity index (χ2v) is 6.17. The molecule has 0 aliphatic heterocycles. The van der Waals surface area contributed by atoms with Crippen LogP contribution in [0.4, 0.5) is 0 Å². The molecule has 0 aliphatic carbocycles. The number of amides is 2. The largest absolute Gasteiger partial charge is 0.480 e. The Bertz CT molecular complexity index is 549. The zero-order chi connectivity index (χ0) is 22.3. The molecule has 0 aromatic rings. The monoisotopic (exact) mass is 442 g/mol. The van der Waals surface area contributed by atoms with Gasteiger partial charge in [-0.3, -0.25) is 24.0 Å². The lowest BCUT2D eigenvalue weighted by Crippen LogP contribution is -2.49. The summed E-state index contributed by atoms with van der Waals surface area (Å²) in [6.07, 6.45) is 0.194. The van der Waals surface area contributed by atoms with Crippen molar-refractivity contribution in [2.24, 2.45) is 11.5 Å². The van der Waals surface area contributed by atoms with E-state index in [-0.39, 0.29) is 18.6 Å². The summed E-state index contributed by atoms with van der Waals surface area (Å²) in [5.41, 5.74) is 10.3. The van der Waals surface area contributed by atoms with Gasteiger partial charge in [-0.25, -0.2) is 0 Å². The van der Waals surface area contributed by atoms with E-state index >= 15 is 0 Å². The second-order valence-electron chi connectivity index (χ2n) is 5.35. The molecule has 3 atom stereocenters. The summed E-state index contributed by atoms with van der Waals surface area (Å²) in [6, 6.07) is -2.89. The zero-order valence-corrected chi connectivity index (χ0v) is 16.7. The van der Waals surface area contributed by atoms with E-state index in [0.717, 1.165) is 0 Å². The minimum Gasteiger partial charge on any atom is -0.480 e. The van der Waals surface area contributed by atoms with Crippen LogP contribution < -0.4 is 22.1 Å². The number of carboxylic acids is 3. The summed E-state index contributed by atoms with van der Waals surface area (Å²) in [7, 11) is 0. The minimum atomic E-state index is -1.22. The fraction of sp³-hybridized carbons (Fsp3) is 0.643.